The molecule has 3 aromatic heterocycles. The molecule has 0 aromatic carbocycles. The summed E-state index contributed by atoms with van der Waals surface area (Å²) >= 11 is 0. The van der Waals surface area contributed by atoms with Gasteiger partial charge in [-0.2, -0.15) is 0 Å². The summed E-state index contributed by atoms with van der Waals surface area (Å²) in [5.41, 5.74) is 2.17. The van der Waals surface area contributed by atoms with E-state index in [1.807, 2.05) is 0 Å². The van der Waals surface area contributed by atoms with Gasteiger partial charge in [-0.05, 0) is 59.7 Å². The van der Waals surface area contributed by atoms with Crippen LogP contribution in [0.2, 0.25) is 0 Å². The molecule has 0 fully saturated rings. The third kappa shape index (κ3) is 4.64. The molecule has 5 heteroatoms. The zero-order valence-electron chi connectivity index (χ0n) is 13.8. The second-order valence-electron chi connectivity index (χ2n) is 5.36. The van der Waals surface area contributed by atoms with Crippen LogP contribution in [0.25, 0.3) is 12.2 Å². The summed E-state index contributed by atoms with van der Waals surface area (Å²) in [4.78, 5) is 36.6. The van der Waals surface area contributed by atoms with E-state index in [1.54, 1.807) is 79.4 Å². The minimum Gasteiger partial charge on any atom is -0.288 e. The maximum absolute atomic E-state index is 12.3. The molecule has 3 aromatic rings. The van der Waals surface area contributed by atoms with Crippen LogP contribution in [0.4, 0.5) is 0 Å². The molecule has 5 nitrogen and oxygen atoms in total. The van der Waals surface area contributed by atoms with Crippen molar-refractivity contribution in [2.45, 2.75) is 0 Å². The van der Waals surface area contributed by atoms with E-state index in [-0.39, 0.29) is 23.0 Å². The van der Waals surface area contributed by atoms with E-state index < -0.39 is 0 Å². The van der Waals surface area contributed by atoms with Gasteiger partial charge >= 0.3 is 0 Å². The molecule has 0 aliphatic rings. The van der Waals surface area contributed by atoms with Crippen molar-refractivity contribution < 1.29 is 9.59 Å². The Morgan fingerprint density at radius 2 is 1.08 bits per heavy atom. The lowest BCUT2D eigenvalue weighted by molar-refractivity contribution is 0.104. The van der Waals surface area contributed by atoms with E-state index >= 15 is 0 Å². The maximum Gasteiger partial charge on any atom is 0.204 e. The number of carbonyl (C=O) groups is 2. The normalized spacial score (nSPS) is 11.1. The molecule has 126 valence electrons. The van der Waals surface area contributed by atoms with Gasteiger partial charge in [0.05, 0.1) is 0 Å². The van der Waals surface area contributed by atoms with E-state index in [1.165, 1.54) is 12.2 Å². The van der Waals surface area contributed by atoms with Crippen molar-refractivity contribution in [3.05, 3.63) is 102 Å². The van der Waals surface area contributed by atoms with Crippen molar-refractivity contribution in [1.82, 2.24) is 15.0 Å². The lowest BCUT2D eigenvalue weighted by Crippen LogP contribution is -2.05. The summed E-state index contributed by atoms with van der Waals surface area (Å²) in [5.74, 6) is -0.538. The number of rotatable bonds is 6. The highest BCUT2D eigenvalue weighted by Crippen LogP contribution is 2.07. The van der Waals surface area contributed by atoms with Crippen LogP contribution in [-0.2, 0) is 0 Å². The second-order valence-corrected chi connectivity index (χ2v) is 5.36. The van der Waals surface area contributed by atoms with Gasteiger partial charge in [-0.1, -0.05) is 18.2 Å². The number of allylic oxidation sites excluding steroid dienone is 2. The molecule has 0 aliphatic heterocycles. The minimum absolute atomic E-state index is 0.221. The van der Waals surface area contributed by atoms with Gasteiger partial charge in [-0.15, -0.1) is 0 Å². The summed E-state index contributed by atoms with van der Waals surface area (Å²) in [6, 6.07) is 12.0. The highest BCUT2D eigenvalue weighted by molar-refractivity contribution is 6.08. The summed E-state index contributed by atoms with van der Waals surface area (Å²) in [6.45, 7) is 0. The van der Waals surface area contributed by atoms with Crippen LogP contribution in [0.1, 0.15) is 32.1 Å². The van der Waals surface area contributed by atoms with Crippen molar-refractivity contribution in [1.29, 1.82) is 0 Å². The Balaban J connectivity index is 1.73. The minimum atomic E-state index is -0.269. The van der Waals surface area contributed by atoms with Gasteiger partial charge < -0.3 is 0 Å². The highest BCUT2D eigenvalue weighted by atomic mass is 16.1. The first-order chi connectivity index (χ1) is 12.7. The van der Waals surface area contributed by atoms with E-state index in [0.29, 0.717) is 0 Å². The molecule has 0 aliphatic carbocycles. The standard InChI is InChI=1S/C21H15N3O2/c25-20(6-4-16-8-12-22-13-9-16)18-2-1-3-19(24-18)21(26)7-5-17-10-14-23-15-11-17/h1-15H/b6-4-,7-5-. The molecular formula is C21H15N3O2. The predicted octanol–water partition coefficient (Wildman–Crippen LogP) is 3.66. The van der Waals surface area contributed by atoms with Crippen molar-refractivity contribution >= 4 is 23.7 Å². The molecule has 0 N–H and O–H groups in total. The largest absolute Gasteiger partial charge is 0.288 e. The molecular weight excluding hydrogens is 326 g/mol. The molecule has 0 radical (unpaired) electrons. The number of carbonyl (C=O) groups excluding carboxylic acids is 2. The van der Waals surface area contributed by atoms with Crippen LogP contribution in [0.15, 0.2) is 79.4 Å². The van der Waals surface area contributed by atoms with Crippen LogP contribution in [0.5, 0.6) is 0 Å². The Hall–Kier alpha value is -3.73. The summed E-state index contributed by atoms with van der Waals surface area (Å²) in [5, 5.41) is 0. The van der Waals surface area contributed by atoms with Crippen LogP contribution < -0.4 is 0 Å². The summed E-state index contributed by atoms with van der Waals surface area (Å²) in [6.07, 6.45) is 12.8. The van der Waals surface area contributed by atoms with Crippen LogP contribution in [0.3, 0.4) is 0 Å². The number of hydrogen-bond acceptors (Lipinski definition) is 5. The van der Waals surface area contributed by atoms with Gasteiger partial charge in [0.2, 0.25) is 11.6 Å². The molecule has 0 atom stereocenters. The van der Waals surface area contributed by atoms with E-state index in [0.717, 1.165) is 11.1 Å². The van der Waals surface area contributed by atoms with Crippen LogP contribution in [0, 0.1) is 0 Å². The molecule has 0 spiro atoms. The first-order valence-electron chi connectivity index (χ1n) is 7.94. The van der Waals surface area contributed by atoms with E-state index in [4.69, 9.17) is 0 Å². The fraction of sp³-hybridized carbons (Fsp3) is 0. The monoisotopic (exact) mass is 341 g/mol. The van der Waals surface area contributed by atoms with Crippen LogP contribution >= 0.6 is 0 Å². The average molecular weight is 341 g/mol. The SMILES string of the molecule is O=C(/C=C\c1ccncc1)c1cccc(C(=O)/C=C\c2ccncc2)n1. The average Bonchev–Trinajstić information content (AvgIpc) is 2.72. The van der Waals surface area contributed by atoms with Gasteiger partial charge in [-0.3, -0.25) is 19.6 Å². The molecule has 0 saturated heterocycles. The lowest BCUT2D eigenvalue weighted by atomic mass is 10.1. The summed E-state index contributed by atoms with van der Waals surface area (Å²) < 4.78 is 0. The predicted molar refractivity (Wildman–Crippen MR) is 99.4 cm³/mol. The smallest absolute Gasteiger partial charge is 0.204 e. The molecule has 3 heterocycles. The topological polar surface area (TPSA) is 72.8 Å². The number of hydrogen-bond donors (Lipinski definition) is 0. The Labute approximate surface area is 150 Å². The highest BCUT2D eigenvalue weighted by Gasteiger charge is 2.08. The van der Waals surface area contributed by atoms with Crippen LogP contribution in [-0.4, -0.2) is 26.5 Å². The Morgan fingerprint density at radius 3 is 1.50 bits per heavy atom. The van der Waals surface area contributed by atoms with Gasteiger partial charge in [0, 0.05) is 24.8 Å². The first-order valence-corrected chi connectivity index (χ1v) is 7.94. The Kier molecular flexibility index (Phi) is 5.52. The number of aromatic nitrogens is 3. The molecule has 0 bridgehead atoms. The molecule has 3 rings (SSSR count). The molecule has 26 heavy (non-hydrogen) atoms. The maximum atomic E-state index is 12.3. The molecule has 0 saturated carbocycles. The molecule has 0 amide bonds. The third-order valence-electron chi connectivity index (χ3n) is 3.52. The Bertz CT molecular complexity index is 888. The third-order valence-corrected chi connectivity index (χ3v) is 3.52. The van der Waals surface area contributed by atoms with Gasteiger partial charge in [0.15, 0.2) is 0 Å². The quantitative estimate of drug-likeness (QED) is 0.505. The van der Waals surface area contributed by atoms with Crippen molar-refractivity contribution in [2.24, 2.45) is 0 Å². The number of nitrogens with zero attached hydrogens (tertiary/aromatic N) is 3. The van der Waals surface area contributed by atoms with Gasteiger partial charge in [0.25, 0.3) is 0 Å². The first kappa shape index (κ1) is 17.1. The lowest BCUT2D eigenvalue weighted by Gasteiger charge is -1.99. The number of ketones is 2. The van der Waals surface area contributed by atoms with E-state index in [2.05, 4.69) is 15.0 Å². The van der Waals surface area contributed by atoms with Crippen molar-refractivity contribution in [3.63, 3.8) is 0 Å². The summed E-state index contributed by atoms with van der Waals surface area (Å²) in [7, 11) is 0. The molecule has 0 unspecified atom stereocenters. The van der Waals surface area contributed by atoms with E-state index in [9.17, 15) is 9.59 Å². The van der Waals surface area contributed by atoms with Gasteiger partial charge in [0.1, 0.15) is 11.4 Å². The van der Waals surface area contributed by atoms with Gasteiger partial charge in [-0.25, -0.2) is 4.98 Å². The Morgan fingerprint density at radius 1 is 0.654 bits per heavy atom. The zero-order valence-corrected chi connectivity index (χ0v) is 13.8. The number of pyridine rings is 3. The second kappa shape index (κ2) is 8.39. The zero-order chi connectivity index (χ0) is 18.2. The fourth-order valence-corrected chi connectivity index (χ4v) is 2.17. The van der Waals surface area contributed by atoms with Crippen molar-refractivity contribution in [2.75, 3.05) is 0 Å². The van der Waals surface area contributed by atoms with Crippen molar-refractivity contribution in [3.8, 4) is 0 Å². The fourth-order valence-electron chi connectivity index (χ4n) is 2.17.